The fourth-order valence-corrected chi connectivity index (χ4v) is 3.28. The molecule has 2 N–H and O–H groups in total. The van der Waals surface area contributed by atoms with Crippen LogP contribution in [0.3, 0.4) is 0 Å². The Morgan fingerprint density at radius 3 is 2.96 bits per heavy atom. The number of carbonyl (C=O) groups is 1. The lowest BCUT2D eigenvalue weighted by atomic mass is 10.00. The van der Waals surface area contributed by atoms with E-state index in [0.29, 0.717) is 11.4 Å². The highest BCUT2D eigenvalue weighted by atomic mass is 16.1. The van der Waals surface area contributed by atoms with Crippen molar-refractivity contribution < 1.29 is 4.79 Å². The molecule has 1 unspecified atom stereocenters. The molecule has 1 atom stereocenters. The van der Waals surface area contributed by atoms with Gasteiger partial charge in [0.05, 0.1) is 29.4 Å². The van der Waals surface area contributed by atoms with E-state index in [2.05, 4.69) is 27.7 Å². The Bertz CT molecular complexity index is 1130. The summed E-state index contributed by atoms with van der Waals surface area (Å²) in [6, 6.07) is 13.3. The Labute approximate surface area is 150 Å². The van der Waals surface area contributed by atoms with Crippen molar-refractivity contribution in [2.24, 2.45) is 7.05 Å². The normalized spacial score (nSPS) is 16.0. The van der Waals surface area contributed by atoms with Crippen LogP contribution in [0, 0.1) is 23.7 Å². The number of amides is 1. The molecule has 2 heterocycles. The summed E-state index contributed by atoms with van der Waals surface area (Å²) in [7, 11) is 1.81. The van der Waals surface area contributed by atoms with Gasteiger partial charge in [-0.05, 0) is 23.8 Å². The number of terminal acetylenes is 1. The van der Waals surface area contributed by atoms with Gasteiger partial charge in [-0.25, -0.2) is 0 Å². The molecule has 4 rings (SSSR count). The van der Waals surface area contributed by atoms with Crippen molar-refractivity contribution in [1.29, 1.82) is 5.26 Å². The Morgan fingerprint density at radius 2 is 2.19 bits per heavy atom. The van der Waals surface area contributed by atoms with Gasteiger partial charge in [0.15, 0.2) is 5.69 Å². The number of benzene rings is 2. The number of nitrogens with one attached hydrogen (secondary N) is 2. The van der Waals surface area contributed by atoms with Crippen molar-refractivity contribution in [1.82, 2.24) is 9.78 Å². The smallest absolute Gasteiger partial charge is 0.227 e. The van der Waals surface area contributed by atoms with Crippen LogP contribution in [0.4, 0.5) is 11.4 Å². The summed E-state index contributed by atoms with van der Waals surface area (Å²) < 4.78 is 1.69. The lowest BCUT2D eigenvalue weighted by molar-refractivity contribution is -0.116. The van der Waals surface area contributed by atoms with Crippen molar-refractivity contribution in [2.45, 2.75) is 12.5 Å². The van der Waals surface area contributed by atoms with Gasteiger partial charge in [0.1, 0.15) is 6.07 Å². The highest BCUT2D eigenvalue weighted by Gasteiger charge is 2.22. The Morgan fingerprint density at radius 1 is 1.35 bits per heavy atom. The van der Waals surface area contributed by atoms with Crippen LogP contribution in [0.2, 0.25) is 0 Å². The highest BCUT2D eigenvalue weighted by Crippen LogP contribution is 2.37. The van der Waals surface area contributed by atoms with Gasteiger partial charge in [-0.3, -0.25) is 9.48 Å². The Kier molecular flexibility index (Phi) is 3.60. The van der Waals surface area contributed by atoms with E-state index in [0.717, 1.165) is 27.7 Å². The number of nitrogens with zero attached hydrogens (tertiary/aromatic N) is 3. The van der Waals surface area contributed by atoms with E-state index in [1.54, 1.807) is 4.68 Å². The van der Waals surface area contributed by atoms with E-state index in [4.69, 9.17) is 6.42 Å². The molecule has 2 aromatic carbocycles. The zero-order valence-corrected chi connectivity index (χ0v) is 14.1. The van der Waals surface area contributed by atoms with Crippen molar-refractivity contribution in [2.75, 3.05) is 10.6 Å². The molecule has 0 saturated carbocycles. The second-order valence-corrected chi connectivity index (χ2v) is 6.16. The van der Waals surface area contributed by atoms with E-state index >= 15 is 0 Å². The largest absolute Gasteiger partial charge is 0.369 e. The first-order chi connectivity index (χ1) is 12.6. The van der Waals surface area contributed by atoms with Crippen molar-refractivity contribution in [3.63, 3.8) is 0 Å². The lowest BCUT2D eigenvalue weighted by Gasteiger charge is -2.16. The molecule has 0 saturated heterocycles. The second kappa shape index (κ2) is 5.94. The third-order valence-electron chi connectivity index (χ3n) is 4.52. The van der Waals surface area contributed by atoms with Crippen molar-refractivity contribution in [3.8, 4) is 29.5 Å². The SMILES string of the molecule is C#CC1CC(=O)Nc2cccc(-c3ccc4c(c3)c(C#N)nn4C)c2N1. The predicted octanol–water partition coefficient (Wildman–Crippen LogP) is 2.87. The maximum atomic E-state index is 12.0. The first kappa shape index (κ1) is 15.7. The minimum Gasteiger partial charge on any atom is -0.369 e. The van der Waals surface area contributed by atoms with Gasteiger partial charge >= 0.3 is 0 Å². The number of rotatable bonds is 1. The molecule has 26 heavy (non-hydrogen) atoms. The van der Waals surface area contributed by atoms with Crippen LogP contribution in [0.25, 0.3) is 22.0 Å². The van der Waals surface area contributed by atoms with Crippen LogP contribution in [0.1, 0.15) is 12.1 Å². The average molecular weight is 341 g/mol. The number of fused-ring (bicyclic) bond motifs is 2. The monoisotopic (exact) mass is 341 g/mol. The van der Waals surface area contributed by atoms with Gasteiger partial charge in [-0.15, -0.1) is 6.42 Å². The molecule has 126 valence electrons. The van der Waals surface area contributed by atoms with E-state index in [-0.39, 0.29) is 18.4 Å². The molecule has 0 bridgehead atoms. The topological polar surface area (TPSA) is 82.7 Å². The maximum Gasteiger partial charge on any atom is 0.227 e. The number of nitriles is 1. The quantitative estimate of drug-likeness (QED) is 0.667. The first-order valence-corrected chi connectivity index (χ1v) is 8.13. The molecule has 3 aromatic rings. The Hall–Kier alpha value is -3.77. The molecule has 0 spiro atoms. The summed E-state index contributed by atoms with van der Waals surface area (Å²) in [5.74, 6) is 2.50. The summed E-state index contributed by atoms with van der Waals surface area (Å²) in [5.41, 5.74) is 4.56. The average Bonchev–Trinajstić information content (AvgIpc) is 2.86. The standard InChI is InChI=1S/C20H15N5O/c1-3-13-10-19(26)23-16-6-4-5-14(20(16)22-13)12-7-8-18-15(9-12)17(11-21)24-25(18)2/h1,4-9,13,22H,10H2,2H3,(H,23,26). The molecular formula is C20H15N5O. The minimum atomic E-state index is -0.380. The maximum absolute atomic E-state index is 12.0. The number of carbonyl (C=O) groups excluding carboxylic acids is 1. The van der Waals surface area contributed by atoms with Gasteiger partial charge in [0.2, 0.25) is 5.91 Å². The third-order valence-corrected chi connectivity index (χ3v) is 4.52. The van der Waals surface area contributed by atoms with Gasteiger partial charge < -0.3 is 10.6 Å². The summed E-state index contributed by atoms with van der Waals surface area (Å²) in [6.07, 6.45) is 5.77. The highest BCUT2D eigenvalue weighted by molar-refractivity contribution is 6.01. The molecule has 0 fully saturated rings. The van der Waals surface area contributed by atoms with Gasteiger partial charge in [0, 0.05) is 18.0 Å². The van der Waals surface area contributed by atoms with E-state index in [1.807, 2.05) is 43.4 Å². The zero-order valence-electron chi connectivity index (χ0n) is 14.1. The van der Waals surface area contributed by atoms with Gasteiger partial charge in [-0.2, -0.15) is 10.4 Å². The van der Waals surface area contributed by atoms with Gasteiger partial charge in [0.25, 0.3) is 0 Å². The number of para-hydroxylation sites is 1. The van der Waals surface area contributed by atoms with Crippen molar-refractivity contribution in [3.05, 3.63) is 42.1 Å². The van der Waals surface area contributed by atoms with Crippen LogP contribution >= 0.6 is 0 Å². The molecule has 1 aromatic heterocycles. The second-order valence-electron chi connectivity index (χ2n) is 6.16. The van der Waals surface area contributed by atoms with Crippen LogP contribution in [-0.4, -0.2) is 21.7 Å². The fraction of sp³-hybridized carbons (Fsp3) is 0.150. The molecule has 0 aliphatic carbocycles. The number of aryl methyl sites for hydroxylation is 1. The van der Waals surface area contributed by atoms with Crippen molar-refractivity contribution >= 4 is 28.2 Å². The molecule has 1 amide bonds. The van der Waals surface area contributed by atoms with Crippen LogP contribution in [0.5, 0.6) is 0 Å². The van der Waals surface area contributed by atoms with Crippen LogP contribution < -0.4 is 10.6 Å². The number of anilines is 2. The molecule has 1 aliphatic heterocycles. The van der Waals surface area contributed by atoms with Gasteiger partial charge in [-0.1, -0.05) is 24.1 Å². The molecule has 6 nitrogen and oxygen atoms in total. The summed E-state index contributed by atoms with van der Waals surface area (Å²) in [5, 5.41) is 20.5. The fourth-order valence-electron chi connectivity index (χ4n) is 3.28. The molecule has 0 radical (unpaired) electrons. The zero-order chi connectivity index (χ0) is 18.3. The lowest BCUT2D eigenvalue weighted by Crippen LogP contribution is -2.20. The number of hydrogen-bond donors (Lipinski definition) is 2. The van der Waals surface area contributed by atoms with Crippen LogP contribution in [-0.2, 0) is 11.8 Å². The Balaban J connectivity index is 1.91. The van der Waals surface area contributed by atoms with E-state index < -0.39 is 0 Å². The summed E-state index contributed by atoms with van der Waals surface area (Å²) in [4.78, 5) is 12.0. The minimum absolute atomic E-state index is 0.120. The van der Waals surface area contributed by atoms with Crippen LogP contribution in [0.15, 0.2) is 36.4 Å². The van der Waals surface area contributed by atoms with E-state index in [1.165, 1.54) is 0 Å². The summed E-state index contributed by atoms with van der Waals surface area (Å²) >= 11 is 0. The van der Waals surface area contributed by atoms with E-state index in [9.17, 15) is 10.1 Å². The molecular weight excluding hydrogens is 326 g/mol. The first-order valence-electron chi connectivity index (χ1n) is 8.13. The predicted molar refractivity (Wildman–Crippen MR) is 100 cm³/mol. The third kappa shape index (κ3) is 2.45. The number of hydrogen-bond acceptors (Lipinski definition) is 4. The summed E-state index contributed by atoms with van der Waals surface area (Å²) in [6.45, 7) is 0. The molecule has 6 heteroatoms. The molecule has 1 aliphatic rings. The number of aromatic nitrogens is 2.